The molecule has 3 heteroatoms. The molecule has 2 rings (SSSR count). The van der Waals surface area contributed by atoms with Crippen molar-refractivity contribution in [2.45, 2.75) is 18.9 Å². The fraction of sp³-hybridized carbons (Fsp3) is 0.500. The average molecular weight is 233 g/mol. The van der Waals surface area contributed by atoms with Gasteiger partial charge in [0.15, 0.2) is 5.78 Å². The summed E-state index contributed by atoms with van der Waals surface area (Å²) in [7, 11) is 2.02. The van der Waals surface area contributed by atoms with Crippen molar-refractivity contribution < 1.29 is 9.90 Å². The summed E-state index contributed by atoms with van der Waals surface area (Å²) < 4.78 is 0. The van der Waals surface area contributed by atoms with Gasteiger partial charge in [0, 0.05) is 24.6 Å². The Balaban J connectivity index is 2.24. The summed E-state index contributed by atoms with van der Waals surface area (Å²) in [6.45, 7) is 3.46. The van der Waals surface area contributed by atoms with Crippen LogP contribution in [-0.2, 0) is 0 Å². The second kappa shape index (κ2) is 4.59. The number of hydrogen-bond acceptors (Lipinski definition) is 3. The van der Waals surface area contributed by atoms with Crippen molar-refractivity contribution in [1.82, 2.24) is 4.90 Å². The summed E-state index contributed by atoms with van der Waals surface area (Å²) in [6, 6.07) is 9.07. The van der Waals surface area contributed by atoms with Gasteiger partial charge in [-0.15, -0.1) is 0 Å². The maximum atomic E-state index is 12.4. The minimum atomic E-state index is -1.20. The van der Waals surface area contributed by atoms with Crippen molar-refractivity contribution in [2.24, 2.45) is 5.92 Å². The Morgan fingerprint density at radius 3 is 2.65 bits per heavy atom. The normalized spacial score (nSPS) is 30.2. The molecule has 0 amide bonds. The lowest BCUT2D eigenvalue weighted by Gasteiger charge is -2.40. The average Bonchev–Trinajstić information content (AvgIpc) is 2.34. The van der Waals surface area contributed by atoms with E-state index in [9.17, 15) is 9.90 Å². The van der Waals surface area contributed by atoms with Gasteiger partial charge in [-0.05, 0) is 13.5 Å². The maximum Gasteiger partial charge on any atom is 0.194 e. The largest absolute Gasteiger partial charge is 0.381 e. The van der Waals surface area contributed by atoms with Crippen LogP contribution in [0.4, 0.5) is 0 Å². The van der Waals surface area contributed by atoms with E-state index in [4.69, 9.17) is 0 Å². The molecule has 92 valence electrons. The van der Waals surface area contributed by atoms with Crippen LogP contribution in [0.2, 0.25) is 0 Å². The van der Waals surface area contributed by atoms with Gasteiger partial charge in [0.2, 0.25) is 0 Å². The van der Waals surface area contributed by atoms with Gasteiger partial charge < -0.3 is 10.0 Å². The molecule has 17 heavy (non-hydrogen) atoms. The highest BCUT2D eigenvalue weighted by Gasteiger charge is 2.44. The number of benzene rings is 1. The monoisotopic (exact) mass is 233 g/mol. The summed E-state index contributed by atoms with van der Waals surface area (Å²) in [4.78, 5) is 14.5. The van der Waals surface area contributed by atoms with Crippen LogP contribution >= 0.6 is 0 Å². The van der Waals surface area contributed by atoms with Crippen molar-refractivity contribution in [1.29, 1.82) is 0 Å². The number of carbonyl (C=O) groups is 1. The molecule has 1 aromatic carbocycles. The van der Waals surface area contributed by atoms with E-state index in [-0.39, 0.29) is 11.7 Å². The summed E-state index contributed by atoms with van der Waals surface area (Å²) in [6.07, 6.45) is 0.512. The first-order valence-corrected chi connectivity index (χ1v) is 6.05. The Morgan fingerprint density at radius 1 is 1.41 bits per heavy atom. The molecule has 0 radical (unpaired) electrons. The van der Waals surface area contributed by atoms with E-state index in [0.717, 1.165) is 13.1 Å². The molecule has 0 aliphatic carbocycles. The van der Waals surface area contributed by atoms with Gasteiger partial charge in [-0.3, -0.25) is 4.79 Å². The van der Waals surface area contributed by atoms with Crippen LogP contribution in [0.1, 0.15) is 23.7 Å². The van der Waals surface area contributed by atoms with E-state index in [1.54, 1.807) is 12.1 Å². The third-order valence-electron chi connectivity index (χ3n) is 3.70. The number of Topliss-reactive ketones (excluding diaryl/α,β-unsaturated/α-hetero) is 1. The number of hydrogen-bond donors (Lipinski definition) is 1. The summed E-state index contributed by atoms with van der Waals surface area (Å²) in [5.74, 6) is -0.173. The highest BCUT2D eigenvalue weighted by atomic mass is 16.3. The SMILES string of the molecule is C[C@@H]1CN(C)CC[C@]1(O)C(=O)c1ccccc1. The lowest BCUT2D eigenvalue weighted by atomic mass is 9.77. The van der Waals surface area contributed by atoms with E-state index in [1.165, 1.54) is 0 Å². The fourth-order valence-electron chi connectivity index (χ4n) is 2.49. The highest BCUT2D eigenvalue weighted by molar-refractivity contribution is 6.02. The van der Waals surface area contributed by atoms with E-state index in [2.05, 4.69) is 4.90 Å². The predicted octanol–water partition coefficient (Wildman–Crippen LogP) is 1.57. The van der Waals surface area contributed by atoms with Gasteiger partial charge in [0.25, 0.3) is 0 Å². The van der Waals surface area contributed by atoms with Crippen LogP contribution in [-0.4, -0.2) is 41.5 Å². The van der Waals surface area contributed by atoms with Crippen LogP contribution < -0.4 is 0 Å². The number of aliphatic hydroxyl groups is 1. The molecule has 3 nitrogen and oxygen atoms in total. The van der Waals surface area contributed by atoms with Crippen molar-refractivity contribution in [3.63, 3.8) is 0 Å². The van der Waals surface area contributed by atoms with Gasteiger partial charge in [-0.25, -0.2) is 0 Å². The molecule has 1 aliphatic heterocycles. The molecule has 0 unspecified atom stereocenters. The minimum absolute atomic E-state index is 0.0334. The zero-order chi connectivity index (χ0) is 12.5. The van der Waals surface area contributed by atoms with Crippen molar-refractivity contribution in [2.75, 3.05) is 20.1 Å². The zero-order valence-corrected chi connectivity index (χ0v) is 10.4. The molecule has 1 heterocycles. The molecule has 0 bridgehead atoms. The Morgan fingerprint density at radius 2 is 2.06 bits per heavy atom. The first-order chi connectivity index (χ1) is 8.04. The first-order valence-electron chi connectivity index (χ1n) is 6.05. The van der Waals surface area contributed by atoms with E-state index >= 15 is 0 Å². The van der Waals surface area contributed by atoms with Crippen LogP contribution in [0, 0.1) is 5.92 Å². The van der Waals surface area contributed by atoms with Crippen LogP contribution in [0.15, 0.2) is 30.3 Å². The fourth-order valence-corrected chi connectivity index (χ4v) is 2.49. The lowest BCUT2D eigenvalue weighted by Crippen LogP contribution is -2.54. The molecule has 0 spiro atoms. The third-order valence-corrected chi connectivity index (χ3v) is 3.70. The second-order valence-electron chi connectivity index (χ2n) is 5.03. The van der Waals surface area contributed by atoms with Gasteiger partial charge in [0.1, 0.15) is 5.60 Å². The smallest absolute Gasteiger partial charge is 0.194 e. The van der Waals surface area contributed by atoms with Crippen molar-refractivity contribution in [3.05, 3.63) is 35.9 Å². The Labute approximate surface area is 102 Å². The quantitative estimate of drug-likeness (QED) is 0.788. The van der Waals surface area contributed by atoms with E-state index in [0.29, 0.717) is 12.0 Å². The van der Waals surface area contributed by atoms with Gasteiger partial charge in [-0.1, -0.05) is 37.3 Å². The summed E-state index contributed by atoms with van der Waals surface area (Å²) in [5.41, 5.74) is -0.597. The second-order valence-corrected chi connectivity index (χ2v) is 5.03. The summed E-state index contributed by atoms with van der Waals surface area (Å²) >= 11 is 0. The summed E-state index contributed by atoms with van der Waals surface area (Å²) in [5, 5.41) is 10.6. The third kappa shape index (κ3) is 2.26. The topological polar surface area (TPSA) is 40.5 Å². The molecule has 0 saturated carbocycles. The van der Waals surface area contributed by atoms with Crippen LogP contribution in [0.25, 0.3) is 0 Å². The number of ketones is 1. The molecule has 1 fully saturated rings. The Bertz CT molecular complexity index is 404. The molecule has 2 atom stereocenters. The van der Waals surface area contributed by atoms with Crippen molar-refractivity contribution >= 4 is 5.78 Å². The molecule has 0 aromatic heterocycles. The van der Waals surface area contributed by atoms with Gasteiger partial charge >= 0.3 is 0 Å². The zero-order valence-electron chi connectivity index (χ0n) is 10.4. The lowest BCUT2D eigenvalue weighted by molar-refractivity contribution is -0.0365. The molecule has 1 saturated heterocycles. The molecule has 1 aromatic rings. The number of rotatable bonds is 2. The molecular formula is C14H19NO2. The molecular weight excluding hydrogens is 214 g/mol. The Kier molecular flexibility index (Phi) is 3.31. The first kappa shape index (κ1) is 12.3. The predicted molar refractivity (Wildman–Crippen MR) is 67.0 cm³/mol. The van der Waals surface area contributed by atoms with E-state index < -0.39 is 5.60 Å². The Hall–Kier alpha value is -1.19. The maximum absolute atomic E-state index is 12.4. The standard InChI is InChI=1S/C14H19NO2/c1-11-10-15(2)9-8-14(11,17)13(16)12-6-4-3-5-7-12/h3-7,11,17H,8-10H2,1-2H3/t11-,14-/m1/s1. The van der Waals surface area contributed by atoms with Gasteiger partial charge in [-0.2, -0.15) is 0 Å². The van der Waals surface area contributed by atoms with Crippen molar-refractivity contribution in [3.8, 4) is 0 Å². The number of piperidine rings is 1. The molecule has 1 N–H and O–H groups in total. The van der Waals surface area contributed by atoms with Crippen LogP contribution in [0.3, 0.4) is 0 Å². The van der Waals surface area contributed by atoms with E-state index in [1.807, 2.05) is 32.2 Å². The minimum Gasteiger partial charge on any atom is -0.381 e. The number of nitrogens with zero attached hydrogens (tertiary/aromatic N) is 1. The molecule has 1 aliphatic rings. The van der Waals surface area contributed by atoms with Gasteiger partial charge in [0.05, 0.1) is 0 Å². The number of likely N-dealkylation sites (tertiary alicyclic amines) is 1. The number of carbonyl (C=O) groups excluding carboxylic acids is 1. The van der Waals surface area contributed by atoms with Crippen LogP contribution in [0.5, 0.6) is 0 Å². The highest BCUT2D eigenvalue weighted by Crippen LogP contribution is 2.30.